The number of carbonyl (C=O) groups is 1. The minimum Gasteiger partial charge on any atom is -0.386 e. The van der Waals surface area contributed by atoms with Crippen molar-refractivity contribution >= 4 is 23.2 Å². The molecular formula is C12H12ClN3O4. The van der Waals surface area contributed by atoms with E-state index in [2.05, 4.69) is 4.98 Å². The Morgan fingerprint density at radius 3 is 2.75 bits per heavy atom. The van der Waals surface area contributed by atoms with E-state index in [0.717, 1.165) is 12.8 Å². The van der Waals surface area contributed by atoms with Gasteiger partial charge < -0.3 is 10.0 Å². The van der Waals surface area contributed by atoms with Gasteiger partial charge in [-0.3, -0.25) is 14.9 Å². The summed E-state index contributed by atoms with van der Waals surface area (Å²) in [5.74, 6) is -0.242. The summed E-state index contributed by atoms with van der Waals surface area (Å²) in [5.41, 5.74) is -1.39. The summed E-state index contributed by atoms with van der Waals surface area (Å²) >= 11 is 5.68. The molecular weight excluding hydrogens is 286 g/mol. The first-order valence-corrected chi connectivity index (χ1v) is 6.61. The lowest BCUT2D eigenvalue weighted by Gasteiger charge is -2.46. The number of pyridine rings is 1. The van der Waals surface area contributed by atoms with Crippen LogP contribution in [0, 0.1) is 16.0 Å². The molecule has 1 N–H and O–H groups in total. The lowest BCUT2D eigenvalue weighted by molar-refractivity contribution is -0.385. The van der Waals surface area contributed by atoms with Crippen LogP contribution in [0.2, 0.25) is 5.15 Å². The molecule has 1 amide bonds. The molecule has 8 heteroatoms. The van der Waals surface area contributed by atoms with Gasteiger partial charge in [0.1, 0.15) is 11.2 Å². The predicted octanol–water partition coefficient (Wildman–Crippen LogP) is 1.24. The summed E-state index contributed by atoms with van der Waals surface area (Å²) in [4.78, 5) is 27.5. The molecule has 1 aliphatic heterocycles. The van der Waals surface area contributed by atoms with Crippen LogP contribution in [0.1, 0.15) is 23.2 Å². The molecule has 0 atom stereocenters. The fourth-order valence-corrected chi connectivity index (χ4v) is 2.81. The highest BCUT2D eigenvalue weighted by molar-refractivity contribution is 6.32. The van der Waals surface area contributed by atoms with Gasteiger partial charge in [-0.1, -0.05) is 11.6 Å². The first kappa shape index (κ1) is 13.3. The van der Waals surface area contributed by atoms with Crippen LogP contribution in [0.5, 0.6) is 0 Å². The first-order chi connectivity index (χ1) is 9.42. The molecule has 0 unspecified atom stereocenters. The Kier molecular flexibility index (Phi) is 2.91. The number of amides is 1. The van der Waals surface area contributed by atoms with Crippen LogP contribution in [0.25, 0.3) is 0 Å². The monoisotopic (exact) mass is 297 g/mol. The molecule has 0 spiro atoms. The van der Waals surface area contributed by atoms with Crippen molar-refractivity contribution in [2.75, 3.05) is 13.1 Å². The van der Waals surface area contributed by atoms with Crippen molar-refractivity contribution in [3.8, 4) is 0 Å². The Balaban J connectivity index is 1.82. The average molecular weight is 298 g/mol. The molecule has 2 fully saturated rings. The van der Waals surface area contributed by atoms with Crippen molar-refractivity contribution in [1.29, 1.82) is 0 Å². The van der Waals surface area contributed by atoms with E-state index in [-0.39, 0.29) is 29.7 Å². The molecule has 2 heterocycles. The fourth-order valence-electron chi connectivity index (χ4n) is 2.58. The van der Waals surface area contributed by atoms with Crippen LogP contribution < -0.4 is 0 Å². The smallest absolute Gasteiger partial charge is 0.319 e. The molecule has 0 aromatic carbocycles. The molecule has 1 saturated carbocycles. The highest BCUT2D eigenvalue weighted by Crippen LogP contribution is 2.45. The SMILES string of the molecule is O=C(c1ccnc(Cl)c1[N+](=O)[O-])N1CC(O)(C2CC2)C1. The highest BCUT2D eigenvalue weighted by atomic mass is 35.5. The molecule has 20 heavy (non-hydrogen) atoms. The zero-order valence-electron chi connectivity index (χ0n) is 10.5. The quantitative estimate of drug-likeness (QED) is 0.514. The zero-order valence-corrected chi connectivity index (χ0v) is 11.2. The zero-order chi connectivity index (χ0) is 14.5. The Hall–Kier alpha value is -1.73. The van der Waals surface area contributed by atoms with Crippen molar-refractivity contribution in [2.24, 2.45) is 5.92 Å². The minimum absolute atomic E-state index is 0.0900. The normalized spacial score (nSPS) is 20.4. The van der Waals surface area contributed by atoms with Gasteiger partial charge in [0.15, 0.2) is 0 Å². The number of halogens is 1. The maximum Gasteiger partial charge on any atom is 0.319 e. The molecule has 0 bridgehead atoms. The van der Waals surface area contributed by atoms with Crippen LogP contribution in [0.3, 0.4) is 0 Å². The lowest BCUT2D eigenvalue weighted by atomic mass is 9.88. The summed E-state index contributed by atoms with van der Waals surface area (Å²) in [6, 6.07) is 1.28. The van der Waals surface area contributed by atoms with Crippen LogP contribution in [0.15, 0.2) is 12.3 Å². The van der Waals surface area contributed by atoms with Crippen molar-refractivity contribution in [3.63, 3.8) is 0 Å². The Morgan fingerprint density at radius 2 is 2.20 bits per heavy atom. The van der Waals surface area contributed by atoms with Gasteiger partial charge in [0, 0.05) is 6.20 Å². The molecule has 1 aromatic heterocycles. The number of likely N-dealkylation sites (tertiary alicyclic amines) is 1. The van der Waals surface area contributed by atoms with Gasteiger partial charge in [-0.15, -0.1) is 0 Å². The minimum atomic E-state index is -0.818. The molecule has 1 aliphatic carbocycles. The van der Waals surface area contributed by atoms with E-state index in [1.807, 2.05) is 0 Å². The number of aromatic nitrogens is 1. The fraction of sp³-hybridized carbons (Fsp3) is 0.500. The molecule has 2 aliphatic rings. The van der Waals surface area contributed by atoms with Crippen LogP contribution in [-0.2, 0) is 0 Å². The Morgan fingerprint density at radius 1 is 1.55 bits per heavy atom. The van der Waals surface area contributed by atoms with Gasteiger partial charge in [-0.25, -0.2) is 4.98 Å². The number of nitro groups is 1. The third kappa shape index (κ3) is 2.03. The second-order valence-corrected chi connectivity index (χ2v) is 5.65. The van der Waals surface area contributed by atoms with Gasteiger partial charge in [0.05, 0.1) is 18.0 Å². The largest absolute Gasteiger partial charge is 0.386 e. The summed E-state index contributed by atoms with van der Waals surface area (Å²) in [6.45, 7) is 0.432. The van der Waals surface area contributed by atoms with E-state index < -0.39 is 22.1 Å². The third-order valence-corrected chi connectivity index (χ3v) is 4.12. The van der Waals surface area contributed by atoms with Gasteiger partial charge in [0.25, 0.3) is 5.91 Å². The van der Waals surface area contributed by atoms with E-state index in [0.29, 0.717) is 0 Å². The van der Waals surface area contributed by atoms with Crippen molar-refractivity contribution in [1.82, 2.24) is 9.88 Å². The number of hydrogen-bond acceptors (Lipinski definition) is 5. The standard InChI is InChI=1S/C12H12ClN3O4/c13-10-9(16(19)20)8(3-4-14-10)11(17)15-5-12(18,6-15)7-1-2-7/h3-4,7,18H,1-2,5-6H2. The summed E-state index contributed by atoms with van der Waals surface area (Å²) in [7, 11) is 0. The average Bonchev–Trinajstić information content (AvgIpc) is 3.17. The molecule has 0 radical (unpaired) electrons. The second kappa shape index (κ2) is 4.39. The molecule has 1 aromatic rings. The van der Waals surface area contributed by atoms with Crippen LogP contribution in [-0.4, -0.2) is 44.5 Å². The third-order valence-electron chi connectivity index (χ3n) is 3.85. The van der Waals surface area contributed by atoms with Crippen molar-refractivity contribution in [3.05, 3.63) is 33.1 Å². The summed E-state index contributed by atoms with van der Waals surface area (Å²) < 4.78 is 0. The number of hydrogen-bond donors (Lipinski definition) is 1. The second-order valence-electron chi connectivity index (χ2n) is 5.29. The Labute approximate surface area is 119 Å². The van der Waals surface area contributed by atoms with Crippen molar-refractivity contribution < 1.29 is 14.8 Å². The van der Waals surface area contributed by atoms with Gasteiger partial charge in [-0.2, -0.15) is 0 Å². The first-order valence-electron chi connectivity index (χ1n) is 6.23. The number of carbonyl (C=O) groups excluding carboxylic acids is 1. The Bertz CT molecular complexity index is 596. The molecule has 1 saturated heterocycles. The van der Waals surface area contributed by atoms with E-state index in [9.17, 15) is 20.0 Å². The van der Waals surface area contributed by atoms with E-state index in [1.165, 1.54) is 17.2 Å². The number of nitrogens with zero attached hydrogens (tertiary/aromatic N) is 3. The van der Waals surface area contributed by atoms with Crippen LogP contribution in [0.4, 0.5) is 5.69 Å². The number of rotatable bonds is 3. The molecule has 3 rings (SSSR count). The van der Waals surface area contributed by atoms with E-state index in [4.69, 9.17) is 11.6 Å². The van der Waals surface area contributed by atoms with E-state index >= 15 is 0 Å². The lowest BCUT2D eigenvalue weighted by Crippen LogP contribution is -2.64. The van der Waals surface area contributed by atoms with E-state index in [1.54, 1.807) is 0 Å². The summed E-state index contributed by atoms with van der Waals surface area (Å²) in [5, 5.41) is 20.9. The maximum atomic E-state index is 12.3. The molecule has 106 valence electrons. The van der Waals surface area contributed by atoms with Crippen molar-refractivity contribution in [2.45, 2.75) is 18.4 Å². The van der Waals surface area contributed by atoms with Gasteiger partial charge in [0.2, 0.25) is 5.15 Å². The number of β-amino-alcohol motifs (C(OH)–C–C–N with tert-alkyl or cyclic N) is 1. The van der Waals surface area contributed by atoms with Gasteiger partial charge in [-0.05, 0) is 24.8 Å². The summed E-state index contributed by atoms with van der Waals surface area (Å²) in [6.07, 6.45) is 3.20. The maximum absolute atomic E-state index is 12.3. The number of aliphatic hydroxyl groups is 1. The molecule has 7 nitrogen and oxygen atoms in total. The van der Waals surface area contributed by atoms with Crippen LogP contribution >= 0.6 is 11.6 Å². The predicted molar refractivity (Wildman–Crippen MR) is 69.5 cm³/mol. The highest BCUT2D eigenvalue weighted by Gasteiger charge is 2.53. The van der Waals surface area contributed by atoms with Gasteiger partial charge >= 0.3 is 5.69 Å². The topological polar surface area (TPSA) is 96.6 Å².